The van der Waals surface area contributed by atoms with E-state index in [0.29, 0.717) is 28.6 Å². The molecule has 1 N–H and O–H groups in total. The molecule has 1 aromatic rings. The van der Waals surface area contributed by atoms with E-state index >= 15 is 0 Å². The molecule has 0 amide bonds. The fraction of sp³-hybridized carbons (Fsp3) is 0.600. The van der Waals surface area contributed by atoms with E-state index in [1.165, 1.54) is 4.90 Å². The molecule has 2 aliphatic heterocycles. The first kappa shape index (κ1) is 16.4. The molecule has 0 spiro atoms. The Balaban J connectivity index is 1.62. The molecule has 7 heteroatoms. The van der Waals surface area contributed by atoms with Gasteiger partial charge in [-0.05, 0) is 40.9 Å². The van der Waals surface area contributed by atoms with Gasteiger partial charge in [0.05, 0.1) is 31.1 Å². The molecule has 2 fully saturated rings. The lowest BCUT2D eigenvalue weighted by molar-refractivity contribution is -0.906. The Hall–Kier alpha value is -0.470. The number of ether oxygens (including phenoxy) is 1. The van der Waals surface area contributed by atoms with E-state index in [4.69, 9.17) is 4.74 Å². The molecule has 3 rings (SSSR count). The van der Waals surface area contributed by atoms with Crippen molar-refractivity contribution < 1.29 is 18.1 Å². The highest BCUT2D eigenvalue weighted by molar-refractivity contribution is 9.10. The molecule has 0 radical (unpaired) electrons. The van der Waals surface area contributed by atoms with E-state index in [0.717, 1.165) is 39.1 Å². The summed E-state index contributed by atoms with van der Waals surface area (Å²) in [5.41, 5.74) is 0. The zero-order chi connectivity index (χ0) is 15.6. The van der Waals surface area contributed by atoms with E-state index in [9.17, 15) is 8.42 Å². The van der Waals surface area contributed by atoms with Gasteiger partial charge in [-0.15, -0.1) is 0 Å². The molecule has 1 atom stereocenters. The van der Waals surface area contributed by atoms with Gasteiger partial charge in [-0.25, -0.2) is 8.42 Å². The summed E-state index contributed by atoms with van der Waals surface area (Å²) in [4.78, 5) is 1.81. The number of quaternary nitrogens is 1. The molecule has 0 bridgehead atoms. The molecule has 122 valence electrons. The molecule has 5 nitrogen and oxygen atoms in total. The standard InChI is InChI=1S/C15H21BrN2O3S/c16-14-5-1-2-6-15(14)22(19,20)18-9-7-17(8-10-18)12-13-4-3-11-21-13/h1-2,5-6,13H,3-4,7-12H2/p+1/t13-/m1/s1. The van der Waals surface area contributed by atoms with Crippen LogP contribution in [0, 0.1) is 0 Å². The third-order valence-corrected chi connectivity index (χ3v) is 7.34. The molecule has 2 heterocycles. The number of halogens is 1. The second kappa shape index (κ2) is 6.97. The van der Waals surface area contributed by atoms with Crippen LogP contribution in [0.3, 0.4) is 0 Å². The fourth-order valence-corrected chi connectivity index (χ4v) is 5.57. The third-order valence-electron chi connectivity index (χ3n) is 4.42. The number of nitrogens with zero attached hydrogens (tertiary/aromatic N) is 1. The minimum Gasteiger partial charge on any atom is -0.372 e. The highest BCUT2D eigenvalue weighted by Gasteiger charge is 2.32. The number of benzene rings is 1. The van der Waals surface area contributed by atoms with Gasteiger partial charge < -0.3 is 9.64 Å². The average Bonchev–Trinajstić information content (AvgIpc) is 3.01. The molecule has 0 aliphatic carbocycles. The van der Waals surface area contributed by atoms with Crippen LogP contribution in [0.5, 0.6) is 0 Å². The van der Waals surface area contributed by atoms with Crippen LogP contribution in [0.1, 0.15) is 12.8 Å². The lowest BCUT2D eigenvalue weighted by Crippen LogP contribution is -3.15. The summed E-state index contributed by atoms with van der Waals surface area (Å²) in [6.07, 6.45) is 2.66. The first-order valence-electron chi connectivity index (χ1n) is 7.77. The largest absolute Gasteiger partial charge is 0.372 e. The second-order valence-corrected chi connectivity index (χ2v) is 8.68. The van der Waals surface area contributed by atoms with E-state index in [1.54, 1.807) is 22.5 Å². The Morgan fingerprint density at radius 1 is 1.27 bits per heavy atom. The van der Waals surface area contributed by atoms with Crippen molar-refractivity contribution in [1.82, 2.24) is 4.31 Å². The smallest absolute Gasteiger partial charge is 0.244 e. The van der Waals surface area contributed by atoms with Crippen LogP contribution in [0.15, 0.2) is 33.6 Å². The molecule has 0 unspecified atom stereocenters. The summed E-state index contributed by atoms with van der Waals surface area (Å²) in [7, 11) is -3.40. The fourth-order valence-electron chi connectivity index (χ4n) is 3.17. The summed E-state index contributed by atoms with van der Waals surface area (Å²) in [5.74, 6) is 0. The number of piperazine rings is 1. The van der Waals surface area contributed by atoms with Crippen LogP contribution in [0.25, 0.3) is 0 Å². The highest BCUT2D eigenvalue weighted by Crippen LogP contribution is 2.24. The zero-order valence-corrected chi connectivity index (χ0v) is 14.9. The molecule has 0 saturated carbocycles. The summed E-state index contributed by atoms with van der Waals surface area (Å²) < 4.78 is 33.4. The van der Waals surface area contributed by atoms with Crippen LogP contribution >= 0.6 is 15.9 Å². The van der Waals surface area contributed by atoms with Crippen molar-refractivity contribution in [3.8, 4) is 0 Å². The molecule has 1 aromatic carbocycles. The van der Waals surface area contributed by atoms with E-state index in [2.05, 4.69) is 15.9 Å². The van der Waals surface area contributed by atoms with Gasteiger partial charge in [-0.2, -0.15) is 4.31 Å². The quantitative estimate of drug-likeness (QED) is 0.816. The average molecular weight is 390 g/mol. The summed E-state index contributed by atoms with van der Waals surface area (Å²) in [6.45, 7) is 4.73. The number of sulfonamides is 1. The second-order valence-electron chi connectivity index (χ2n) is 5.92. The van der Waals surface area contributed by atoms with Gasteiger partial charge in [0, 0.05) is 11.1 Å². The topological polar surface area (TPSA) is 51.0 Å². The van der Waals surface area contributed by atoms with Gasteiger partial charge in [-0.3, -0.25) is 0 Å². The zero-order valence-electron chi connectivity index (χ0n) is 12.5. The lowest BCUT2D eigenvalue weighted by Gasteiger charge is -2.32. The maximum Gasteiger partial charge on any atom is 0.244 e. The minimum absolute atomic E-state index is 0.359. The minimum atomic E-state index is -3.40. The third kappa shape index (κ3) is 3.54. The van der Waals surface area contributed by atoms with Gasteiger partial charge >= 0.3 is 0 Å². The Bertz CT molecular complexity index is 609. The maximum absolute atomic E-state index is 12.7. The number of hydrogen-bond donors (Lipinski definition) is 1. The first-order chi connectivity index (χ1) is 10.6. The van der Waals surface area contributed by atoms with Crippen molar-refractivity contribution in [2.24, 2.45) is 0 Å². The molecule has 22 heavy (non-hydrogen) atoms. The van der Waals surface area contributed by atoms with E-state index in [1.807, 2.05) is 6.07 Å². The van der Waals surface area contributed by atoms with Crippen LogP contribution in [-0.2, 0) is 14.8 Å². The van der Waals surface area contributed by atoms with Crippen molar-refractivity contribution in [3.05, 3.63) is 28.7 Å². The predicted octanol–water partition coefficient (Wildman–Crippen LogP) is 0.517. The monoisotopic (exact) mass is 389 g/mol. The van der Waals surface area contributed by atoms with Crippen molar-refractivity contribution in [2.45, 2.75) is 23.8 Å². The highest BCUT2D eigenvalue weighted by atomic mass is 79.9. The van der Waals surface area contributed by atoms with Crippen molar-refractivity contribution in [2.75, 3.05) is 39.3 Å². The van der Waals surface area contributed by atoms with E-state index in [-0.39, 0.29) is 0 Å². The summed E-state index contributed by atoms with van der Waals surface area (Å²) in [5, 5.41) is 0. The number of hydrogen-bond acceptors (Lipinski definition) is 3. The Labute approximate surface area is 140 Å². The predicted molar refractivity (Wildman–Crippen MR) is 87.4 cm³/mol. The molecule has 2 saturated heterocycles. The summed E-state index contributed by atoms with van der Waals surface area (Å²) >= 11 is 3.34. The van der Waals surface area contributed by atoms with Gasteiger partial charge in [-0.1, -0.05) is 12.1 Å². The number of nitrogens with one attached hydrogen (secondary N) is 1. The van der Waals surface area contributed by atoms with Gasteiger partial charge in [0.1, 0.15) is 12.6 Å². The SMILES string of the molecule is O=S(=O)(c1ccccc1Br)N1CC[NH+](C[C@H]2CCCO2)CC1. The summed E-state index contributed by atoms with van der Waals surface area (Å²) in [6, 6.07) is 7.01. The van der Waals surface area contributed by atoms with Gasteiger partial charge in [0.15, 0.2) is 0 Å². The van der Waals surface area contributed by atoms with Crippen LogP contribution < -0.4 is 4.90 Å². The van der Waals surface area contributed by atoms with Crippen LogP contribution in [0.2, 0.25) is 0 Å². The van der Waals surface area contributed by atoms with Crippen molar-refractivity contribution in [1.29, 1.82) is 0 Å². The maximum atomic E-state index is 12.7. The Morgan fingerprint density at radius 2 is 2.00 bits per heavy atom. The number of rotatable bonds is 4. The van der Waals surface area contributed by atoms with Crippen LogP contribution in [-0.4, -0.2) is 58.2 Å². The van der Waals surface area contributed by atoms with E-state index < -0.39 is 10.0 Å². The van der Waals surface area contributed by atoms with Crippen molar-refractivity contribution in [3.63, 3.8) is 0 Å². The molecule has 0 aromatic heterocycles. The lowest BCUT2D eigenvalue weighted by atomic mass is 10.2. The normalized spacial score (nSPS) is 24.7. The van der Waals surface area contributed by atoms with Gasteiger partial charge in [0.2, 0.25) is 10.0 Å². The molecular formula is C15H22BrN2O3S+. The Morgan fingerprint density at radius 3 is 2.64 bits per heavy atom. The van der Waals surface area contributed by atoms with Crippen LogP contribution in [0.4, 0.5) is 0 Å². The van der Waals surface area contributed by atoms with Crippen molar-refractivity contribution >= 4 is 26.0 Å². The first-order valence-corrected chi connectivity index (χ1v) is 10.0. The molecule has 2 aliphatic rings. The van der Waals surface area contributed by atoms with Gasteiger partial charge in [0.25, 0.3) is 0 Å². The molecular weight excluding hydrogens is 368 g/mol. The Kier molecular flexibility index (Phi) is 5.19.